The van der Waals surface area contributed by atoms with Gasteiger partial charge in [0.1, 0.15) is 5.60 Å². The zero-order valence-corrected chi connectivity index (χ0v) is 10.6. The van der Waals surface area contributed by atoms with Crippen molar-refractivity contribution < 1.29 is 24.9 Å². The van der Waals surface area contributed by atoms with Crippen molar-refractivity contribution in [1.29, 1.82) is 0 Å². The zero-order chi connectivity index (χ0) is 14.8. The van der Waals surface area contributed by atoms with E-state index in [2.05, 4.69) is 4.98 Å². The van der Waals surface area contributed by atoms with Gasteiger partial charge in [-0.1, -0.05) is 0 Å². The summed E-state index contributed by atoms with van der Waals surface area (Å²) in [4.78, 5) is 25.9. The molecule has 7 heteroatoms. The van der Waals surface area contributed by atoms with Crippen LogP contribution in [0.25, 0.3) is 0 Å². The van der Waals surface area contributed by atoms with Crippen molar-refractivity contribution in [2.75, 3.05) is 5.73 Å². The van der Waals surface area contributed by atoms with Gasteiger partial charge < -0.3 is 21.1 Å². The number of aliphatic hydroxyl groups is 1. The molecule has 1 rings (SSSR count). The molecule has 5 N–H and O–H groups in total. The van der Waals surface area contributed by atoms with Crippen molar-refractivity contribution in [3.8, 4) is 0 Å². The normalized spacial score (nSPS) is 15.5. The second-order valence-electron chi connectivity index (χ2n) is 4.50. The van der Waals surface area contributed by atoms with Gasteiger partial charge in [0.05, 0.1) is 12.3 Å². The molecule has 0 aliphatic carbocycles. The molecule has 0 bridgehead atoms. The van der Waals surface area contributed by atoms with Gasteiger partial charge in [0, 0.05) is 23.1 Å². The maximum absolute atomic E-state index is 11.2. The fourth-order valence-electron chi connectivity index (χ4n) is 2.12. The van der Waals surface area contributed by atoms with Gasteiger partial charge in [-0.05, 0) is 19.9 Å². The SMILES string of the molecule is Cc1nccc(N)c1C(C)(O)C(CC(=O)O)C(=O)O. The Morgan fingerprint density at radius 3 is 2.47 bits per heavy atom. The van der Waals surface area contributed by atoms with Gasteiger partial charge in [-0.15, -0.1) is 0 Å². The van der Waals surface area contributed by atoms with Gasteiger partial charge in [0.25, 0.3) is 0 Å². The minimum Gasteiger partial charge on any atom is -0.481 e. The fourth-order valence-corrected chi connectivity index (χ4v) is 2.12. The van der Waals surface area contributed by atoms with E-state index in [0.717, 1.165) is 0 Å². The predicted octanol–water partition coefficient (Wildman–Crippen LogP) is 0.355. The second kappa shape index (κ2) is 5.23. The molecule has 1 heterocycles. The van der Waals surface area contributed by atoms with Crippen LogP contribution in [0.4, 0.5) is 5.69 Å². The summed E-state index contributed by atoms with van der Waals surface area (Å²) in [5.41, 5.74) is 4.49. The van der Waals surface area contributed by atoms with Gasteiger partial charge in [-0.3, -0.25) is 14.6 Å². The van der Waals surface area contributed by atoms with Gasteiger partial charge in [0.15, 0.2) is 0 Å². The molecule has 104 valence electrons. The average Bonchev–Trinajstić information content (AvgIpc) is 2.24. The Kier molecular flexibility index (Phi) is 4.10. The highest BCUT2D eigenvalue weighted by atomic mass is 16.4. The Hall–Kier alpha value is -2.15. The summed E-state index contributed by atoms with van der Waals surface area (Å²) in [5, 5.41) is 28.3. The quantitative estimate of drug-likeness (QED) is 0.605. The molecule has 0 spiro atoms. The maximum atomic E-state index is 11.2. The van der Waals surface area contributed by atoms with Crippen LogP contribution in [0.5, 0.6) is 0 Å². The van der Waals surface area contributed by atoms with Crippen LogP contribution < -0.4 is 5.73 Å². The lowest BCUT2D eigenvalue weighted by molar-refractivity contribution is -0.158. The first kappa shape index (κ1) is 14.9. The third-order valence-electron chi connectivity index (χ3n) is 3.03. The number of nitrogens with zero attached hydrogens (tertiary/aromatic N) is 1. The van der Waals surface area contributed by atoms with E-state index >= 15 is 0 Å². The summed E-state index contributed by atoms with van der Waals surface area (Å²) in [6.07, 6.45) is 0.716. The first-order valence-corrected chi connectivity index (χ1v) is 5.56. The standard InChI is InChI=1S/C12H16N2O5/c1-6-10(8(13)3-4-14-6)12(2,19)7(11(17)18)5-9(15)16/h3-4,7,19H,5H2,1-2H3,(H2,13,14)(H,15,16)(H,17,18). The summed E-state index contributed by atoms with van der Waals surface area (Å²) in [6, 6.07) is 1.43. The highest BCUT2D eigenvalue weighted by Crippen LogP contribution is 2.36. The van der Waals surface area contributed by atoms with E-state index in [9.17, 15) is 14.7 Å². The molecule has 0 amide bonds. The topological polar surface area (TPSA) is 134 Å². The number of rotatable bonds is 5. The zero-order valence-electron chi connectivity index (χ0n) is 10.6. The summed E-state index contributed by atoms with van der Waals surface area (Å²) in [6.45, 7) is 2.80. The number of aromatic nitrogens is 1. The number of nitrogen functional groups attached to an aromatic ring is 1. The van der Waals surface area contributed by atoms with Crippen molar-refractivity contribution in [3.63, 3.8) is 0 Å². The van der Waals surface area contributed by atoms with Crippen LogP contribution in [-0.4, -0.2) is 32.2 Å². The molecule has 0 aromatic carbocycles. The number of nitrogens with two attached hydrogens (primary N) is 1. The maximum Gasteiger partial charge on any atom is 0.310 e. The van der Waals surface area contributed by atoms with E-state index in [-0.39, 0.29) is 11.3 Å². The fraction of sp³-hybridized carbons (Fsp3) is 0.417. The highest BCUT2D eigenvalue weighted by molar-refractivity contribution is 5.79. The lowest BCUT2D eigenvalue weighted by atomic mass is 9.79. The lowest BCUT2D eigenvalue weighted by Gasteiger charge is -2.31. The van der Waals surface area contributed by atoms with Gasteiger partial charge in [-0.2, -0.15) is 0 Å². The lowest BCUT2D eigenvalue weighted by Crippen LogP contribution is -2.40. The molecular formula is C12H16N2O5. The predicted molar refractivity (Wildman–Crippen MR) is 66.3 cm³/mol. The number of carbonyl (C=O) groups is 2. The summed E-state index contributed by atoms with van der Waals surface area (Å²) >= 11 is 0. The molecule has 0 saturated heterocycles. The number of aryl methyl sites for hydroxylation is 1. The van der Waals surface area contributed by atoms with Crippen LogP contribution in [0.3, 0.4) is 0 Å². The van der Waals surface area contributed by atoms with Crippen LogP contribution in [-0.2, 0) is 15.2 Å². The molecule has 0 saturated carbocycles. The minimum atomic E-state index is -1.92. The van der Waals surface area contributed by atoms with E-state index in [1.807, 2.05) is 0 Å². The van der Waals surface area contributed by atoms with E-state index < -0.39 is 29.9 Å². The Morgan fingerprint density at radius 2 is 2.05 bits per heavy atom. The number of anilines is 1. The number of hydrogen-bond acceptors (Lipinski definition) is 5. The molecule has 2 unspecified atom stereocenters. The third-order valence-corrected chi connectivity index (χ3v) is 3.03. The van der Waals surface area contributed by atoms with Crippen molar-refractivity contribution >= 4 is 17.6 Å². The van der Waals surface area contributed by atoms with Gasteiger partial charge in [-0.25, -0.2) is 0 Å². The molecule has 0 fully saturated rings. The molecule has 2 atom stereocenters. The molecule has 1 aromatic rings. The van der Waals surface area contributed by atoms with Crippen LogP contribution in [0.2, 0.25) is 0 Å². The van der Waals surface area contributed by atoms with E-state index in [1.54, 1.807) is 6.92 Å². The van der Waals surface area contributed by atoms with Crippen molar-refractivity contribution in [1.82, 2.24) is 4.98 Å². The van der Waals surface area contributed by atoms with Crippen molar-refractivity contribution in [3.05, 3.63) is 23.5 Å². The monoisotopic (exact) mass is 268 g/mol. The molecule has 19 heavy (non-hydrogen) atoms. The number of carboxylic acids is 2. The van der Waals surface area contributed by atoms with E-state index in [4.69, 9.17) is 15.9 Å². The first-order valence-electron chi connectivity index (χ1n) is 5.56. The number of carboxylic acid groups (broad SMARTS) is 2. The molecular weight excluding hydrogens is 252 g/mol. The summed E-state index contributed by atoms with van der Waals surface area (Å²) < 4.78 is 0. The Morgan fingerprint density at radius 1 is 1.47 bits per heavy atom. The summed E-state index contributed by atoms with van der Waals surface area (Å²) in [5.74, 6) is -4.24. The van der Waals surface area contributed by atoms with Crippen molar-refractivity contribution in [2.24, 2.45) is 5.92 Å². The van der Waals surface area contributed by atoms with Crippen LogP contribution in [0.15, 0.2) is 12.3 Å². The number of hydrogen-bond donors (Lipinski definition) is 4. The van der Waals surface area contributed by atoms with Crippen LogP contribution in [0, 0.1) is 12.8 Å². The van der Waals surface area contributed by atoms with Crippen LogP contribution >= 0.6 is 0 Å². The van der Waals surface area contributed by atoms with Gasteiger partial charge in [0.2, 0.25) is 0 Å². The largest absolute Gasteiger partial charge is 0.481 e. The Balaban J connectivity index is 3.34. The Labute approximate surface area is 109 Å². The number of aliphatic carboxylic acids is 2. The smallest absolute Gasteiger partial charge is 0.310 e. The average molecular weight is 268 g/mol. The Bertz CT molecular complexity index is 493. The van der Waals surface area contributed by atoms with E-state index in [0.29, 0.717) is 5.69 Å². The van der Waals surface area contributed by atoms with E-state index in [1.165, 1.54) is 19.2 Å². The molecule has 0 aliphatic rings. The minimum absolute atomic E-state index is 0.142. The van der Waals surface area contributed by atoms with Crippen LogP contribution in [0.1, 0.15) is 24.6 Å². The molecule has 0 radical (unpaired) electrons. The third kappa shape index (κ3) is 3.00. The summed E-state index contributed by atoms with van der Waals surface area (Å²) in [7, 11) is 0. The van der Waals surface area contributed by atoms with Crippen molar-refractivity contribution in [2.45, 2.75) is 25.9 Å². The first-order chi connectivity index (χ1) is 8.67. The molecule has 1 aromatic heterocycles. The molecule has 0 aliphatic heterocycles. The molecule has 7 nitrogen and oxygen atoms in total. The highest BCUT2D eigenvalue weighted by Gasteiger charge is 2.42. The van der Waals surface area contributed by atoms with Gasteiger partial charge >= 0.3 is 11.9 Å². The number of pyridine rings is 1. The second-order valence-corrected chi connectivity index (χ2v) is 4.50.